The van der Waals surface area contributed by atoms with Crippen molar-refractivity contribution in [2.45, 2.75) is 20.5 Å². The van der Waals surface area contributed by atoms with Gasteiger partial charge >= 0.3 is 0 Å². The maximum atomic E-state index is 9.08. The molecule has 0 atom stereocenters. The molecule has 1 heterocycles. The van der Waals surface area contributed by atoms with Gasteiger partial charge in [0.2, 0.25) is 0 Å². The quantitative estimate of drug-likeness (QED) is 0.808. The lowest BCUT2D eigenvalue weighted by molar-refractivity contribution is 0.281. The fourth-order valence-electron chi connectivity index (χ4n) is 1.55. The SMILES string of the molecule is Cc1cccc(-n2cc(CO)c(C)n2)c1. The van der Waals surface area contributed by atoms with E-state index in [1.807, 2.05) is 38.2 Å². The summed E-state index contributed by atoms with van der Waals surface area (Å²) in [7, 11) is 0. The third-order valence-corrected chi connectivity index (χ3v) is 2.44. The molecule has 1 N–H and O–H groups in total. The first-order valence-electron chi connectivity index (χ1n) is 4.94. The van der Waals surface area contributed by atoms with E-state index >= 15 is 0 Å². The van der Waals surface area contributed by atoms with Crippen LogP contribution in [-0.2, 0) is 6.61 Å². The number of benzene rings is 1. The Bertz CT molecular complexity index is 474. The predicted octanol–water partition coefficient (Wildman–Crippen LogP) is 1.98. The number of rotatable bonds is 2. The number of hydrogen-bond acceptors (Lipinski definition) is 2. The van der Waals surface area contributed by atoms with Crippen molar-refractivity contribution in [1.82, 2.24) is 9.78 Å². The standard InChI is InChI=1S/C12H14N2O/c1-9-4-3-5-12(6-9)14-7-11(8-15)10(2)13-14/h3-7,15H,8H2,1-2H3. The van der Waals surface area contributed by atoms with Crippen LogP contribution in [0, 0.1) is 13.8 Å². The monoisotopic (exact) mass is 202 g/mol. The van der Waals surface area contributed by atoms with E-state index in [1.165, 1.54) is 5.56 Å². The summed E-state index contributed by atoms with van der Waals surface area (Å²) in [6, 6.07) is 8.11. The lowest BCUT2D eigenvalue weighted by atomic mass is 10.2. The zero-order chi connectivity index (χ0) is 10.8. The van der Waals surface area contributed by atoms with E-state index in [2.05, 4.69) is 11.2 Å². The van der Waals surface area contributed by atoms with Crippen molar-refractivity contribution in [3.05, 3.63) is 47.3 Å². The van der Waals surface area contributed by atoms with Crippen LogP contribution in [0.15, 0.2) is 30.5 Å². The van der Waals surface area contributed by atoms with Crippen LogP contribution in [0.4, 0.5) is 0 Å². The van der Waals surface area contributed by atoms with Crippen LogP contribution in [-0.4, -0.2) is 14.9 Å². The van der Waals surface area contributed by atoms with Crippen LogP contribution in [0.1, 0.15) is 16.8 Å². The van der Waals surface area contributed by atoms with Crippen molar-refractivity contribution in [2.75, 3.05) is 0 Å². The average molecular weight is 202 g/mol. The minimum absolute atomic E-state index is 0.0393. The fourth-order valence-corrected chi connectivity index (χ4v) is 1.55. The lowest BCUT2D eigenvalue weighted by Crippen LogP contribution is -1.94. The van der Waals surface area contributed by atoms with Crippen LogP contribution >= 0.6 is 0 Å². The number of aliphatic hydroxyl groups excluding tert-OH is 1. The van der Waals surface area contributed by atoms with Crippen LogP contribution in [0.2, 0.25) is 0 Å². The first-order chi connectivity index (χ1) is 7.20. The largest absolute Gasteiger partial charge is 0.392 e. The molecule has 0 aliphatic rings. The Morgan fingerprint density at radius 3 is 2.73 bits per heavy atom. The number of aryl methyl sites for hydroxylation is 2. The Labute approximate surface area is 89.0 Å². The van der Waals surface area contributed by atoms with Gasteiger partial charge in [-0.25, -0.2) is 4.68 Å². The third-order valence-electron chi connectivity index (χ3n) is 2.44. The van der Waals surface area contributed by atoms with Gasteiger partial charge in [0.1, 0.15) is 0 Å². The number of nitrogens with zero attached hydrogens (tertiary/aromatic N) is 2. The second-order valence-electron chi connectivity index (χ2n) is 3.68. The molecule has 0 fully saturated rings. The van der Waals surface area contributed by atoms with E-state index in [4.69, 9.17) is 5.11 Å². The summed E-state index contributed by atoms with van der Waals surface area (Å²) in [5, 5.41) is 13.4. The van der Waals surface area contributed by atoms with Crippen LogP contribution in [0.3, 0.4) is 0 Å². The van der Waals surface area contributed by atoms with Crippen molar-refractivity contribution in [2.24, 2.45) is 0 Å². The Balaban J connectivity index is 2.45. The molecule has 0 amide bonds. The number of aromatic nitrogens is 2. The van der Waals surface area contributed by atoms with Gasteiger partial charge < -0.3 is 5.11 Å². The van der Waals surface area contributed by atoms with E-state index in [0.717, 1.165) is 16.9 Å². The van der Waals surface area contributed by atoms with Crippen molar-refractivity contribution < 1.29 is 5.11 Å². The van der Waals surface area contributed by atoms with Crippen molar-refractivity contribution in [3.63, 3.8) is 0 Å². The topological polar surface area (TPSA) is 38.0 Å². The van der Waals surface area contributed by atoms with Crippen LogP contribution in [0.5, 0.6) is 0 Å². The van der Waals surface area contributed by atoms with Gasteiger partial charge in [0.05, 0.1) is 18.0 Å². The van der Waals surface area contributed by atoms with Crippen molar-refractivity contribution in [3.8, 4) is 5.69 Å². The van der Waals surface area contributed by atoms with Gasteiger partial charge in [0.25, 0.3) is 0 Å². The molecule has 3 heteroatoms. The summed E-state index contributed by atoms with van der Waals surface area (Å²) in [5.74, 6) is 0. The summed E-state index contributed by atoms with van der Waals surface area (Å²) >= 11 is 0. The molecule has 0 saturated carbocycles. The van der Waals surface area contributed by atoms with Gasteiger partial charge in [-0.05, 0) is 31.5 Å². The number of aliphatic hydroxyl groups is 1. The molecule has 0 aliphatic heterocycles. The highest BCUT2D eigenvalue weighted by atomic mass is 16.3. The van der Waals surface area contributed by atoms with Crippen LogP contribution in [0.25, 0.3) is 5.69 Å². The van der Waals surface area contributed by atoms with Gasteiger partial charge in [-0.3, -0.25) is 0 Å². The molecule has 2 rings (SSSR count). The van der Waals surface area contributed by atoms with Crippen molar-refractivity contribution in [1.29, 1.82) is 0 Å². The molecule has 0 aliphatic carbocycles. The molecule has 3 nitrogen and oxygen atoms in total. The smallest absolute Gasteiger partial charge is 0.0715 e. The molecule has 0 spiro atoms. The van der Waals surface area contributed by atoms with Gasteiger partial charge in [0, 0.05) is 11.8 Å². The molecule has 15 heavy (non-hydrogen) atoms. The van der Waals surface area contributed by atoms with E-state index in [1.54, 1.807) is 4.68 Å². The maximum absolute atomic E-state index is 9.08. The molecule has 0 unspecified atom stereocenters. The molecule has 2 aromatic rings. The zero-order valence-electron chi connectivity index (χ0n) is 8.94. The Kier molecular flexibility index (Phi) is 2.56. The first kappa shape index (κ1) is 9.93. The van der Waals surface area contributed by atoms with Crippen molar-refractivity contribution >= 4 is 0 Å². The second kappa shape index (κ2) is 3.87. The molecule has 0 radical (unpaired) electrons. The fraction of sp³-hybridized carbons (Fsp3) is 0.250. The second-order valence-corrected chi connectivity index (χ2v) is 3.68. The summed E-state index contributed by atoms with van der Waals surface area (Å²) in [4.78, 5) is 0. The lowest BCUT2D eigenvalue weighted by Gasteiger charge is -2.01. The van der Waals surface area contributed by atoms with E-state index in [-0.39, 0.29) is 6.61 Å². The van der Waals surface area contributed by atoms with E-state index < -0.39 is 0 Å². The Morgan fingerprint density at radius 2 is 2.13 bits per heavy atom. The maximum Gasteiger partial charge on any atom is 0.0715 e. The molecule has 0 saturated heterocycles. The summed E-state index contributed by atoms with van der Waals surface area (Å²) in [5.41, 5.74) is 3.97. The molecular weight excluding hydrogens is 188 g/mol. The molecular formula is C12H14N2O. The van der Waals surface area contributed by atoms with E-state index in [9.17, 15) is 0 Å². The van der Waals surface area contributed by atoms with Gasteiger partial charge in [-0.15, -0.1) is 0 Å². The highest BCUT2D eigenvalue weighted by Gasteiger charge is 2.04. The van der Waals surface area contributed by atoms with Gasteiger partial charge in [0.15, 0.2) is 0 Å². The molecule has 78 valence electrons. The van der Waals surface area contributed by atoms with Gasteiger partial charge in [-0.2, -0.15) is 5.10 Å². The average Bonchev–Trinajstić information content (AvgIpc) is 2.60. The normalized spacial score (nSPS) is 10.6. The summed E-state index contributed by atoms with van der Waals surface area (Å²) in [6.45, 7) is 3.99. The third kappa shape index (κ3) is 1.92. The minimum Gasteiger partial charge on any atom is -0.392 e. The summed E-state index contributed by atoms with van der Waals surface area (Å²) in [6.07, 6.45) is 1.87. The molecule has 0 bridgehead atoms. The predicted molar refractivity (Wildman–Crippen MR) is 59.0 cm³/mol. The molecule has 1 aromatic carbocycles. The zero-order valence-corrected chi connectivity index (χ0v) is 8.94. The minimum atomic E-state index is 0.0393. The highest BCUT2D eigenvalue weighted by molar-refractivity contribution is 5.35. The van der Waals surface area contributed by atoms with Gasteiger partial charge in [-0.1, -0.05) is 12.1 Å². The summed E-state index contributed by atoms with van der Waals surface area (Å²) < 4.78 is 1.80. The number of hydrogen-bond donors (Lipinski definition) is 1. The first-order valence-corrected chi connectivity index (χ1v) is 4.94. The highest BCUT2D eigenvalue weighted by Crippen LogP contribution is 2.13. The molecule has 1 aromatic heterocycles. The Hall–Kier alpha value is -1.61. The van der Waals surface area contributed by atoms with E-state index in [0.29, 0.717) is 0 Å². The Morgan fingerprint density at radius 1 is 1.33 bits per heavy atom. The van der Waals surface area contributed by atoms with Crippen LogP contribution < -0.4 is 0 Å².